The van der Waals surface area contributed by atoms with Crippen LogP contribution in [0.5, 0.6) is 0 Å². The first-order valence-electron chi connectivity index (χ1n) is 14.1. The number of nitrogens with zero attached hydrogens (tertiary/aromatic N) is 4. The van der Waals surface area contributed by atoms with Crippen molar-refractivity contribution < 1.29 is 18.0 Å². The number of hydrogen-bond acceptors (Lipinski definition) is 4. The molecule has 44 heavy (non-hydrogen) atoms. The summed E-state index contributed by atoms with van der Waals surface area (Å²) in [4.78, 5) is 19.0. The average Bonchev–Trinajstić information content (AvgIpc) is 3.43. The molecule has 0 aliphatic rings. The van der Waals surface area contributed by atoms with Gasteiger partial charge in [0.2, 0.25) is 5.91 Å². The second kappa shape index (κ2) is 14.7. The van der Waals surface area contributed by atoms with Crippen molar-refractivity contribution in [1.82, 2.24) is 19.8 Å². The zero-order valence-corrected chi connectivity index (χ0v) is 25.3. The first-order chi connectivity index (χ1) is 21.0. The number of anilines is 1. The Labute approximate surface area is 260 Å². The maximum absolute atomic E-state index is 13.8. The van der Waals surface area contributed by atoms with E-state index in [0.717, 1.165) is 17.2 Å². The van der Waals surface area contributed by atoms with Crippen LogP contribution in [0.15, 0.2) is 85.3 Å². The number of carbonyl (C=O) groups excluding carboxylic acids is 1. The van der Waals surface area contributed by atoms with Crippen molar-refractivity contribution in [3.8, 4) is 6.07 Å². The Balaban J connectivity index is 1.48. The second-order valence-corrected chi connectivity index (χ2v) is 10.9. The Bertz CT molecular complexity index is 1610. The topological polar surface area (TPSA) is 86.0 Å². The number of aryl methyl sites for hydroxylation is 1. The molecule has 4 rings (SSSR count). The summed E-state index contributed by atoms with van der Waals surface area (Å²) in [5, 5.41) is 15.4. The highest BCUT2D eigenvalue weighted by Gasteiger charge is 2.33. The highest BCUT2D eigenvalue weighted by atomic mass is 32.1. The summed E-state index contributed by atoms with van der Waals surface area (Å²) in [6, 6.07) is 21.8. The standard InChI is InChI=1S/C33H33F3N6OS/c1-3-27(39-31(43)16-29-18-38-22-42(29)19-25-12-10-24(17-37)11-13-25)21-41(32(44)40-28-14-8-23(2)9-15-28)20-26-6-4-5-7-30(26)33(34,35)36/h4-15,18,22,27H,3,16,19-21H2,1-2H3,(H,39,43)(H,40,44)/t27-/m0/s1. The number of amides is 1. The van der Waals surface area contributed by atoms with Crippen LogP contribution in [0.25, 0.3) is 0 Å². The molecule has 0 saturated heterocycles. The number of halogens is 3. The van der Waals surface area contributed by atoms with E-state index in [2.05, 4.69) is 21.7 Å². The second-order valence-electron chi connectivity index (χ2n) is 10.5. The van der Waals surface area contributed by atoms with E-state index < -0.39 is 17.8 Å². The van der Waals surface area contributed by atoms with E-state index >= 15 is 0 Å². The van der Waals surface area contributed by atoms with Crippen molar-refractivity contribution in [2.75, 3.05) is 11.9 Å². The van der Waals surface area contributed by atoms with Crippen LogP contribution in [-0.2, 0) is 30.5 Å². The lowest BCUT2D eigenvalue weighted by atomic mass is 10.1. The normalized spacial score (nSPS) is 11.8. The van der Waals surface area contributed by atoms with Crippen LogP contribution in [0.2, 0.25) is 0 Å². The number of alkyl halides is 3. The molecule has 0 aliphatic carbocycles. The van der Waals surface area contributed by atoms with Gasteiger partial charge in [0.15, 0.2) is 5.11 Å². The lowest BCUT2D eigenvalue weighted by Gasteiger charge is -2.31. The zero-order chi connectivity index (χ0) is 31.7. The molecule has 0 unspecified atom stereocenters. The number of nitrogens with one attached hydrogen (secondary N) is 2. The number of carbonyl (C=O) groups is 1. The molecule has 2 N–H and O–H groups in total. The highest BCUT2D eigenvalue weighted by Crippen LogP contribution is 2.32. The fourth-order valence-corrected chi connectivity index (χ4v) is 4.96. The number of aromatic nitrogens is 2. The largest absolute Gasteiger partial charge is 0.416 e. The Morgan fingerprint density at radius 1 is 1.09 bits per heavy atom. The van der Waals surface area contributed by atoms with Gasteiger partial charge in [-0.1, -0.05) is 55.0 Å². The van der Waals surface area contributed by atoms with Gasteiger partial charge < -0.3 is 20.1 Å². The Kier molecular flexibility index (Phi) is 10.7. The first-order valence-corrected chi connectivity index (χ1v) is 14.5. The molecule has 1 amide bonds. The molecule has 4 aromatic rings. The molecule has 1 atom stereocenters. The predicted octanol–water partition coefficient (Wildman–Crippen LogP) is 6.47. The molecule has 3 aromatic carbocycles. The van der Waals surface area contributed by atoms with E-state index in [1.807, 2.05) is 54.8 Å². The monoisotopic (exact) mass is 618 g/mol. The van der Waals surface area contributed by atoms with E-state index in [4.69, 9.17) is 17.5 Å². The van der Waals surface area contributed by atoms with E-state index in [0.29, 0.717) is 29.9 Å². The van der Waals surface area contributed by atoms with Gasteiger partial charge in [0.05, 0.1) is 29.9 Å². The van der Waals surface area contributed by atoms with Crippen LogP contribution < -0.4 is 10.6 Å². The third-order valence-corrected chi connectivity index (χ3v) is 7.51. The highest BCUT2D eigenvalue weighted by molar-refractivity contribution is 7.80. The third-order valence-electron chi connectivity index (χ3n) is 7.15. The molecule has 1 heterocycles. The molecule has 0 spiro atoms. The maximum Gasteiger partial charge on any atom is 0.416 e. The van der Waals surface area contributed by atoms with Crippen molar-refractivity contribution in [3.63, 3.8) is 0 Å². The molecule has 0 radical (unpaired) electrons. The number of hydrogen-bond donors (Lipinski definition) is 2. The van der Waals surface area contributed by atoms with Gasteiger partial charge in [-0.2, -0.15) is 18.4 Å². The van der Waals surface area contributed by atoms with Crippen LogP contribution in [0, 0.1) is 18.3 Å². The van der Waals surface area contributed by atoms with Crippen LogP contribution in [0.3, 0.4) is 0 Å². The van der Waals surface area contributed by atoms with Crippen LogP contribution in [-0.4, -0.2) is 38.1 Å². The van der Waals surface area contributed by atoms with Crippen LogP contribution in [0.4, 0.5) is 18.9 Å². The molecule has 0 fully saturated rings. The van der Waals surface area contributed by atoms with Crippen LogP contribution in [0.1, 0.15) is 46.9 Å². The molecule has 228 valence electrons. The smallest absolute Gasteiger partial charge is 0.351 e. The summed E-state index contributed by atoms with van der Waals surface area (Å²) in [5.41, 5.74) is 3.35. The molecule has 1 aromatic heterocycles. The van der Waals surface area contributed by atoms with E-state index in [1.54, 1.807) is 35.6 Å². The van der Waals surface area contributed by atoms with Gasteiger partial charge in [-0.25, -0.2) is 4.98 Å². The summed E-state index contributed by atoms with van der Waals surface area (Å²) < 4.78 is 43.3. The summed E-state index contributed by atoms with van der Waals surface area (Å²) in [7, 11) is 0. The minimum absolute atomic E-state index is 0.0652. The number of rotatable bonds is 11. The molecule has 11 heteroatoms. The number of nitriles is 1. The summed E-state index contributed by atoms with van der Waals surface area (Å²) in [6.07, 6.45) is -0.651. The lowest BCUT2D eigenvalue weighted by molar-refractivity contribution is -0.138. The third kappa shape index (κ3) is 8.91. The fraction of sp³-hybridized carbons (Fsp3) is 0.273. The summed E-state index contributed by atoms with van der Waals surface area (Å²) >= 11 is 5.69. The molecular weight excluding hydrogens is 585 g/mol. The quantitative estimate of drug-likeness (QED) is 0.188. The van der Waals surface area contributed by atoms with Crippen molar-refractivity contribution in [1.29, 1.82) is 5.26 Å². The van der Waals surface area contributed by atoms with Gasteiger partial charge >= 0.3 is 6.18 Å². The minimum Gasteiger partial charge on any atom is -0.351 e. The Hall–Kier alpha value is -4.69. The molecular formula is C33H33F3N6OS. The van der Waals surface area contributed by atoms with E-state index in [1.165, 1.54) is 12.1 Å². The van der Waals surface area contributed by atoms with Crippen LogP contribution >= 0.6 is 12.2 Å². The summed E-state index contributed by atoms with van der Waals surface area (Å²) in [5.74, 6) is -0.244. The predicted molar refractivity (Wildman–Crippen MR) is 168 cm³/mol. The Morgan fingerprint density at radius 3 is 2.45 bits per heavy atom. The number of imidazole rings is 1. The van der Waals surface area contributed by atoms with E-state index in [-0.39, 0.29) is 36.1 Å². The average molecular weight is 619 g/mol. The van der Waals surface area contributed by atoms with Gasteiger partial charge in [0, 0.05) is 43.3 Å². The van der Waals surface area contributed by atoms with Crippen molar-refractivity contribution in [2.45, 2.75) is 52.0 Å². The first kappa shape index (κ1) is 32.2. The van der Waals surface area contributed by atoms with Crippen molar-refractivity contribution in [3.05, 3.63) is 119 Å². The molecule has 0 saturated carbocycles. The van der Waals surface area contributed by atoms with Gasteiger partial charge in [0.1, 0.15) is 0 Å². The van der Waals surface area contributed by atoms with Crippen molar-refractivity contribution >= 4 is 28.9 Å². The number of thiocarbonyl (C=S) groups is 1. The summed E-state index contributed by atoms with van der Waals surface area (Å²) in [6.45, 7) is 4.43. The zero-order valence-electron chi connectivity index (χ0n) is 24.4. The molecule has 0 aliphatic heterocycles. The lowest BCUT2D eigenvalue weighted by Crippen LogP contribution is -2.47. The molecule has 0 bridgehead atoms. The van der Waals surface area contributed by atoms with Gasteiger partial charge in [-0.15, -0.1) is 0 Å². The number of benzene rings is 3. The fourth-order valence-electron chi connectivity index (χ4n) is 4.70. The van der Waals surface area contributed by atoms with Gasteiger partial charge in [0.25, 0.3) is 0 Å². The maximum atomic E-state index is 13.8. The SMILES string of the molecule is CC[C@@H](CN(Cc1ccccc1C(F)(F)F)C(=S)Nc1ccc(C)cc1)NC(=O)Cc1cncn1Cc1ccc(C#N)cc1. The van der Waals surface area contributed by atoms with Gasteiger partial charge in [-0.05, 0) is 67.0 Å². The minimum atomic E-state index is -4.52. The van der Waals surface area contributed by atoms with Crippen molar-refractivity contribution in [2.24, 2.45) is 0 Å². The Morgan fingerprint density at radius 2 is 1.80 bits per heavy atom. The van der Waals surface area contributed by atoms with E-state index in [9.17, 15) is 18.0 Å². The van der Waals surface area contributed by atoms with Gasteiger partial charge in [-0.3, -0.25) is 4.79 Å². The molecule has 7 nitrogen and oxygen atoms in total.